The summed E-state index contributed by atoms with van der Waals surface area (Å²) in [5.41, 5.74) is 3.90. The van der Waals surface area contributed by atoms with Crippen LogP contribution in [-0.2, 0) is 6.54 Å². The largest absolute Gasteiger partial charge is 0.306 e. The average molecular weight is 304 g/mol. The van der Waals surface area contributed by atoms with Gasteiger partial charge in [0, 0.05) is 17.1 Å². The summed E-state index contributed by atoms with van der Waals surface area (Å²) in [6, 6.07) is 17.4. The first-order valence-corrected chi connectivity index (χ1v) is 6.99. The number of nitrogens with one attached hydrogen (secondary N) is 1. The Kier molecular flexibility index (Phi) is 4.56. The van der Waals surface area contributed by atoms with Gasteiger partial charge in [-0.3, -0.25) is 0 Å². The van der Waals surface area contributed by atoms with Crippen molar-refractivity contribution in [3.05, 3.63) is 69.7 Å². The van der Waals surface area contributed by atoms with Gasteiger partial charge in [-0.2, -0.15) is 0 Å². The van der Waals surface area contributed by atoms with Crippen molar-refractivity contribution in [2.45, 2.75) is 26.4 Å². The molecule has 0 saturated heterocycles. The van der Waals surface area contributed by atoms with Crippen molar-refractivity contribution in [1.82, 2.24) is 5.32 Å². The lowest BCUT2D eigenvalue weighted by molar-refractivity contribution is 0.574. The quantitative estimate of drug-likeness (QED) is 0.870. The van der Waals surface area contributed by atoms with E-state index in [1.165, 1.54) is 21.2 Å². The van der Waals surface area contributed by atoms with Gasteiger partial charge in [0.05, 0.1) is 0 Å². The van der Waals surface area contributed by atoms with Crippen LogP contribution in [0.3, 0.4) is 0 Å². The van der Waals surface area contributed by atoms with Crippen LogP contribution in [0.5, 0.6) is 0 Å². The van der Waals surface area contributed by atoms with Crippen LogP contribution in [0.15, 0.2) is 53.0 Å². The summed E-state index contributed by atoms with van der Waals surface area (Å²) in [5.74, 6) is 0. The maximum absolute atomic E-state index is 3.57. The first-order valence-electron chi connectivity index (χ1n) is 6.20. The van der Waals surface area contributed by atoms with Crippen LogP contribution >= 0.6 is 15.9 Å². The van der Waals surface area contributed by atoms with Gasteiger partial charge in [-0.25, -0.2) is 0 Å². The van der Waals surface area contributed by atoms with Crippen molar-refractivity contribution in [3.63, 3.8) is 0 Å². The fraction of sp³-hybridized carbons (Fsp3) is 0.250. The third kappa shape index (κ3) is 3.44. The molecule has 94 valence electrons. The first kappa shape index (κ1) is 13.3. The summed E-state index contributed by atoms with van der Waals surface area (Å²) in [6.07, 6.45) is 0. The molecular weight excluding hydrogens is 286 g/mol. The van der Waals surface area contributed by atoms with Crippen LogP contribution in [-0.4, -0.2) is 0 Å². The zero-order valence-corrected chi connectivity index (χ0v) is 12.4. The van der Waals surface area contributed by atoms with Crippen molar-refractivity contribution in [2.75, 3.05) is 0 Å². The molecule has 1 atom stereocenters. The van der Waals surface area contributed by atoms with Crippen LogP contribution < -0.4 is 5.32 Å². The normalized spacial score (nSPS) is 12.4. The smallest absolute Gasteiger partial charge is 0.0294 e. The molecular formula is C16H18BrN. The van der Waals surface area contributed by atoms with E-state index in [2.05, 4.69) is 77.6 Å². The van der Waals surface area contributed by atoms with Crippen molar-refractivity contribution >= 4 is 15.9 Å². The molecule has 0 heterocycles. The van der Waals surface area contributed by atoms with Crippen LogP contribution in [0.2, 0.25) is 0 Å². The minimum Gasteiger partial charge on any atom is -0.306 e. The van der Waals surface area contributed by atoms with Crippen molar-refractivity contribution in [3.8, 4) is 0 Å². The molecule has 0 amide bonds. The van der Waals surface area contributed by atoms with Crippen molar-refractivity contribution in [2.24, 2.45) is 0 Å². The summed E-state index contributed by atoms with van der Waals surface area (Å²) < 4.78 is 1.18. The van der Waals surface area contributed by atoms with E-state index in [1.807, 2.05) is 6.07 Å². The van der Waals surface area contributed by atoms with Gasteiger partial charge in [0.25, 0.3) is 0 Å². The van der Waals surface area contributed by atoms with E-state index in [0.717, 1.165) is 6.54 Å². The van der Waals surface area contributed by atoms with Crippen LogP contribution in [0.1, 0.15) is 29.7 Å². The van der Waals surface area contributed by atoms with Gasteiger partial charge >= 0.3 is 0 Å². The Labute approximate surface area is 117 Å². The van der Waals surface area contributed by atoms with E-state index in [9.17, 15) is 0 Å². The van der Waals surface area contributed by atoms with E-state index in [1.54, 1.807) is 0 Å². The molecule has 0 bridgehead atoms. The third-order valence-electron chi connectivity index (χ3n) is 3.15. The van der Waals surface area contributed by atoms with Gasteiger partial charge < -0.3 is 5.32 Å². The van der Waals surface area contributed by atoms with Gasteiger partial charge in [-0.1, -0.05) is 58.4 Å². The number of hydrogen-bond acceptors (Lipinski definition) is 1. The second kappa shape index (κ2) is 6.17. The maximum atomic E-state index is 3.57. The zero-order valence-electron chi connectivity index (χ0n) is 10.8. The Balaban J connectivity index is 1.97. The minimum absolute atomic E-state index is 0.367. The van der Waals surface area contributed by atoms with Gasteiger partial charge in [0.1, 0.15) is 0 Å². The second-order valence-electron chi connectivity index (χ2n) is 4.60. The molecule has 2 aromatic rings. The summed E-state index contributed by atoms with van der Waals surface area (Å²) in [4.78, 5) is 0. The molecule has 18 heavy (non-hydrogen) atoms. The topological polar surface area (TPSA) is 12.0 Å². The Hall–Kier alpha value is -1.12. The Morgan fingerprint density at radius 1 is 1.11 bits per heavy atom. The standard InChI is InChI=1S/C16H18BrN/c1-12-8-9-14(10-16(12)17)11-18-13(2)15-6-4-3-5-7-15/h3-10,13,18H,11H2,1-2H3/t13-/m1/s1. The lowest BCUT2D eigenvalue weighted by Crippen LogP contribution is -2.17. The average Bonchev–Trinajstić information content (AvgIpc) is 2.41. The van der Waals surface area contributed by atoms with E-state index >= 15 is 0 Å². The fourth-order valence-electron chi connectivity index (χ4n) is 1.88. The molecule has 0 radical (unpaired) electrons. The van der Waals surface area contributed by atoms with Crippen LogP contribution in [0, 0.1) is 6.92 Å². The molecule has 0 aromatic heterocycles. The Morgan fingerprint density at radius 2 is 1.83 bits per heavy atom. The molecule has 0 aliphatic rings. The van der Waals surface area contributed by atoms with E-state index in [0.29, 0.717) is 6.04 Å². The minimum atomic E-state index is 0.367. The predicted molar refractivity (Wildman–Crippen MR) is 80.6 cm³/mol. The van der Waals surface area contributed by atoms with Gasteiger partial charge in [-0.05, 0) is 36.6 Å². The van der Waals surface area contributed by atoms with E-state index in [-0.39, 0.29) is 0 Å². The maximum Gasteiger partial charge on any atom is 0.0294 e. The summed E-state index contributed by atoms with van der Waals surface area (Å²) in [7, 11) is 0. The number of halogens is 1. The summed E-state index contributed by atoms with van der Waals surface area (Å²) in [5, 5.41) is 3.54. The first-order chi connectivity index (χ1) is 8.66. The number of benzene rings is 2. The third-order valence-corrected chi connectivity index (χ3v) is 4.00. The number of aryl methyl sites for hydroxylation is 1. The highest BCUT2D eigenvalue weighted by atomic mass is 79.9. The molecule has 1 nitrogen and oxygen atoms in total. The molecule has 0 aliphatic heterocycles. The number of rotatable bonds is 4. The lowest BCUT2D eigenvalue weighted by atomic mass is 10.1. The molecule has 0 saturated carbocycles. The highest BCUT2D eigenvalue weighted by Crippen LogP contribution is 2.18. The SMILES string of the molecule is Cc1ccc(CN[C@H](C)c2ccccc2)cc1Br. The van der Waals surface area contributed by atoms with Crippen molar-refractivity contribution < 1.29 is 0 Å². The van der Waals surface area contributed by atoms with Crippen LogP contribution in [0.25, 0.3) is 0 Å². The Bertz CT molecular complexity index is 508. The summed E-state index contributed by atoms with van der Waals surface area (Å²) in [6.45, 7) is 5.18. The highest BCUT2D eigenvalue weighted by molar-refractivity contribution is 9.10. The summed E-state index contributed by atoms with van der Waals surface area (Å²) >= 11 is 3.57. The van der Waals surface area contributed by atoms with Gasteiger partial charge in [0.15, 0.2) is 0 Å². The molecule has 1 N–H and O–H groups in total. The van der Waals surface area contributed by atoms with Crippen molar-refractivity contribution in [1.29, 1.82) is 0 Å². The van der Waals surface area contributed by atoms with Gasteiger partial charge in [0.2, 0.25) is 0 Å². The lowest BCUT2D eigenvalue weighted by Gasteiger charge is -2.14. The molecule has 0 unspecified atom stereocenters. The highest BCUT2D eigenvalue weighted by Gasteiger charge is 2.04. The molecule has 2 rings (SSSR count). The zero-order chi connectivity index (χ0) is 13.0. The second-order valence-corrected chi connectivity index (χ2v) is 5.45. The fourth-order valence-corrected chi connectivity index (χ4v) is 2.30. The molecule has 2 aromatic carbocycles. The monoisotopic (exact) mass is 303 g/mol. The predicted octanol–water partition coefficient (Wildman–Crippen LogP) is 4.61. The van der Waals surface area contributed by atoms with Crippen LogP contribution in [0.4, 0.5) is 0 Å². The number of hydrogen-bond donors (Lipinski definition) is 1. The van der Waals surface area contributed by atoms with E-state index in [4.69, 9.17) is 0 Å². The Morgan fingerprint density at radius 3 is 2.50 bits per heavy atom. The molecule has 2 heteroatoms. The van der Waals surface area contributed by atoms with Gasteiger partial charge in [-0.15, -0.1) is 0 Å². The molecule has 0 spiro atoms. The molecule has 0 fully saturated rings. The molecule has 0 aliphatic carbocycles. The van der Waals surface area contributed by atoms with E-state index < -0.39 is 0 Å².